The molecular formula is C13H23N5. The Morgan fingerprint density at radius 2 is 2.22 bits per heavy atom. The zero-order valence-electron chi connectivity index (χ0n) is 11.6. The molecule has 1 saturated heterocycles. The van der Waals surface area contributed by atoms with Gasteiger partial charge >= 0.3 is 0 Å². The molecule has 1 aromatic rings. The van der Waals surface area contributed by atoms with E-state index >= 15 is 0 Å². The van der Waals surface area contributed by atoms with Gasteiger partial charge in [0, 0.05) is 38.3 Å². The molecule has 5 nitrogen and oxygen atoms in total. The molecule has 1 N–H and O–H groups in total. The van der Waals surface area contributed by atoms with Crippen LogP contribution in [0.25, 0.3) is 0 Å². The molecule has 1 aliphatic rings. The number of nitrogens with zero attached hydrogens (tertiary/aromatic N) is 4. The minimum atomic E-state index is 0.498. The molecule has 0 amide bonds. The van der Waals surface area contributed by atoms with Crippen molar-refractivity contribution < 1.29 is 0 Å². The molecule has 0 saturated carbocycles. The molecule has 0 aliphatic carbocycles. The summed E-state index contributed by atoms with van der Waals surface area (Å²) < 4.78 is 0. The van der Waals surface area contributed by atoms with E-state index in [9.17, 15) is 0 Å². The Morgan fingerprint density at radius 1 is 1.39 bits per heavy atom. The highest BCUT2D eigenvalue weighted by Crippen LogP contribution is 2.19. The first kappa shape index (κ1) is 13.1. The van der Waals surface area contributed by atoms with E-state index in [1.807, 2.05) is 0 Å². The van der Waals surface area contributed by atoms with Crippen LogP contribution in [0.5, 0.6) is 0 Å². The van der Waals surface area contributed by atoms with Crippen LogP contribution < -0.4 is 10.2 Å². The first-order chi connectivity index (χ1) is 8.70. The number of piperazine rings is 1. The number of nitrogens with one attached hydrogen (secondary N) is 1. The largest absolute Gasteiger partial charge is 0.370 e. The third-order valence-corrected chi connectivity index (χ3v) is 3.33. The molecule has 5 heteroatoms. The highest BCUT2D eigenvalue weighted by Gasteiger charge is 2.22. The number of rotatable bonds is 4. The third kappa shape index (κ3) is 3.10. The predicted molar refractivity (Wildman–Crippen MR) is 75.1 cm³/mol. The first-order valence-corrected chi connectivity index (χ1v) is 6.71. The van der Waals surface area contributed by atoms with E-state index in [2.05, 4.69) is 52.0 Å². The van der Waals surface area contributed by atoms with Crippen molar-refractivity contribution in [2.75, 3.05) is 43.4 Å². The zero-order valence-corrected chi connectivity index (χ0v) is 11.6. The quantitative estimate of drug-likeness (QED) is 0.874. The van der Waals surface area contributed by atoms with Crippen LogP contribution in [-0.4, -0.2) is 54.1 Å². The molecule has 1 unspecified atom stereocenters. The molecule has 1 atom stereocenters. The van der Waals surface area contributed by atoms with E-state index in [-0.39, 0.29) is 0 Å². The van der Waals surface area contributed by atoms with Crippen molar-refractivity contribution in [3.63, 3.8) is 0 Å². The Labute approximate surface area is 109 Å². The van der Waals surface area contributed by atoms with Crippen molar-refractivity contribution in [3.8, 4) is 0 Å². The molecule has 1 aliphatic heterocycles. The van der Waals surface area contributed by atoms with Gasteiger partial charge in [0.1, 0.15) is 18.0 Å². The van der Waals surface area contributed by atoms with Crippen LogP contribution in [0.1, 0.15) is 20.3 Å². The fraction of sp³-hybridized carbons (Fsp3) is 0.692. The van der Waals surface area contributed by atoms with E-state index in [1.165, 1.54) is 0 Å². The standard InChI is InChI=1S/C13H23N5/c1-4-5-14-12-8-13(16-10-15-12)18-7-6-17(3)9-11(18)2/h8,10-11H,4-7,9H2,1-3H3,(H,14,15,16). The summed E-state index contributed by atoms with van der Waals surface area (Å²) in [5, 5.41) is 3.31. The Balaban J connectivity index is 2.07. The molecule has 1 fully saturated rings. The average molecular weight is 249 g/mol. The fourth-order valence-electron chi connectivity index (χ4n) is 2.33. The van der Waals surface area contributed by atoms with Crippen LogP contribution in [0.2, 0.25) is 0 Å². The van der Waals surface area contributed by atoms with Crippen LogP contribution in [0.15, 0.2) is 12.4 Å². The summed E-state index contributed by atoms with van der Waals surface area (Å²) in [6.07, 6.45) is 2.75. The maximum Gasteiger partial charge on any atom is 0.134 e. The second-order valence-electron chi connectivity index (χ2n) is 4.99. The average Bonchev–Trinajstić information content (AvgIpc) is 2.36. The van der Waals surface area contributed by atoms with E-state index in [4.69, 9.17) is 0 Å². The van der Waals surface area contributed by atoms with Crippen molar-refractivity contribution >= 4 is 11.6 Å². The second-order valence-corrected chi connectivity index (χ2v) is 4.99. The highest BCUT2D eigenvalue weighted by molar-refractivity contribution is 5.49. The van der Waals surface area contributed by atoms with E-state index in [0.29, 0.717) is 6.04 Å². The van der Waals surface area contributed by atoms with Gasteiger partial charge in [0.15, 0.2) is 0 Å². The maximum absolute atomic E-state index is 4.40. The first-order valence-electron chi connectivity index (χ1n) is 6.71. The second kappa shape index (κ2) is 6.00. The maximum atomic E-state index is 4.40. The lowest BCUT2D eigenvalue weighted by atomic mass is 10.2. The zero-order chi connectivity index (χ0) is 13.0. The number of likely N-dealkylation sites (N-methyl/N-ethyl adjacent to an activating group) is 1. The monoisotopic (exact) mass is 249 g/mol. The molecule has 100 valence electrons. The van der Waals surface area contributed by atoms with Crippen molar-refractivity contribution in [1.29, 1.82) is 0 Å². The minimum Gasteiger partial charge on any atom is -0.370 e. The molecule has 2 heterocycles. The van der Waals surface area contributed by atoms with Crippen molar-refractivity contribution in [2.24, 2.45) is 0 Å². The SMILES string of the molecule is CCCNc1cc(N2CCN(C)CC2C)ncn1. The van der Waals surface area contributed by atoms with Gasteiger partial charge in [-0.25, -0.2) is 9.97 Å². The molecule has 18 heavy (non-hydrogen) atoms. The summed E-state index contributed by atoms with van der Waals surface area (Å²) >= 11 is 0. The fourth-order valence-corrected chi connectivity index (χ4v) is 2.33. The molecule has 2 rings (SSSR count). The van der Waals surface area contributed by atoms with E-state index < -0.39 is 0 Å². The minimum absolute atomic E-state index is 0.498. The predicted octanol–water partition coefficient (Wildman–Crippen LogP) is 1.44. The van der Waals surface area contributed by atoms with Gasteiger partial charge in [-0.15, -0.1) is 0 Å². The van der Waals surface area contributed by atoms with Gasteiger partial charge in [0.2, 0.25) is 0 Å². The summed E-state index contributed by atoms with van der Waals surface area (Å²) in [7, 11) is 2.17. The highest BCUT2D eigenvalue weighted by atomic mass is 15.3. The number of hydrogen-bond donors (Lipinski definition) is 1. The molecule has 0 radical (unpaired) electrons. The molecular weight excluding hydrogens is 226 g/mol. The lowest BCUT2D eigenvalue weighted by Gasteiger charge is -2.39. The van der Waals surface area contributed by atoms with Crippen molar-refractivity contribution in [3.05, 3.63) is 12.4 Å². The van der Waals surface area contributed by atoms with Crippen molar-refractivity contribution in [2.45, 2.75) is 26.3 Å². The normalized spacial score (nSPS) is 21.1. The van der Waals surface area contributed by atoms with Gasteiger partial charge < -0.3 is 15.1 Å². The Kier molecular flexibility index (Phi) is 4.36. The van der Waals surface area contributed by atoms with Gasteiger partial charge in [-0.1, -0.05) is 6.92 Å². The number of anilines is 2. The summed E-state index contributed by atoms with van der Waals surface area (Å²) in [6.45, 7) is 8.55. The number of hydrogen-bond acceptors (Lipinski definition) is 5. The van der Waals surface area contributed by atoms with Gasteiger partial charge in [-0.2, -0.15) is 0 Å². The van der Waals surface area contributed by atoms with Crippen molar-refractivity contribution in [1.82, 2.24) is 14.9 Å². The lowest BCUT2D eigenvalue weighted by molar-refractivity contribution is 0.274. The Morgan fingerprint density at radius 3 is 2.94 bits per heavy atom. The Bertz CT molecular complexity index is 381. The Hall–Kier alpha value is -1.36. The summed E-state index contributed by atoms with van der Waals surface area (Å²) in [5.74, 6) is 1.96. The summed E-state index contributed by atoms with van der Waals surface area (Å²) in [6, 6.07) is 2.55. The third-order valence-electron chi connectivity index (χ3n) is 3.33. The molecule has 0 spiro atoms. The van der Waals surface area contributed by atoms with Crippen LogP contribution >= 0.6 is 0 Å². The van der Waals surface area contributed by atoms with Gasteiger partial charge in [0.05, 0.1) is 0 Å². The number of aromatic nitrogens is 2. The molecule has 0 bridgehead atoms. The smallest absolute Gasteiger partial charge is 0.134 e. The van der Waals surface area contributed by atoms with Gasteiger partial charge in [-0.3, -0.25) is 0 Å². The molecule has 0 aromatic carbocycles. The van der Waals surface area contributed by atoms with Crippen LogP contribution in [0, 0.1) is 0 Å². The lowest BCUT2D eigenvalue weighted by Crippen LogP contribution is -2.50. The van der Waals surface area contributed by atoms with Gasteiger partial charge in [-0.05, 0) is 20.4 Å². The van der Waals surface area contributed by atoms with Crippen LogP contribution in [-0.2, 0) is 0 Å². The van der Waals surface area contributed by atoms with Crippen LogP contribution in [0.3, 0.4) is 0 Å². The van der Waals surface area contributed by atoms with E-state index in [1.54, 1.807) is 6.33 Å². The summed E-state index contributed by atoms with van der Waals surface area (Å²) in [5.41, 5.74) is 0. The summed E-state index contributed by atoms with van der Waals surface area (Å²) in [4.78, 5) is 13.4. The molecule has 1 aromatic heterocycles. The topological polar surface area (TPSA) is 44.3 Å². The van der Waals surface area contributed by atoms with E-state index in [0.717, 1.165) is 44.2 Å². The van der Waals surface area contributed by atoms with Crippen LogP contribution in [0.4, 0.5) is 11.6 Å². The van der Waals surface area contributed by atoms with Gasteiger partial charge in [0.25, 0.3) is 0 Å².